The molecule has 0 spiro atoms. The number of hydrogen-bond acceptors (Lipinski definition) is 2. The third-order valence-electron chi connectivity index (χ3n) is 4.44. The third-order valence-corrected chi connectivity index (χ3v) is 4.44. The summed E-state index contributed by atoms with van der Waals surface area (Å²) in [7, 11) is 0. The molecule has 20 heavy (non-hydrogen) atoms. The molecule has 1 fully saturated rings. The molecule has 1 aliphatic rings. The van der Waals surface area contributed by atoms with Crippen molar-refractivity contribution in [1.29, 1.82) is 0 Å². The Hall–Kier alpha value is -1.61. The largest absolute Gasteiger partial charge is 0.316 e. The number of aromatic nitrogens is 2. The van der Waals surface area contributed by atoms with Crippen molar-refractivity contribution in [3.05, 3.63) is 48.3 Å². The van der Waals surface area contributed by atoms with Crippen LogP contribution in [0.2, 0.25) is 0 Å². The van der Waals surface area contributed by atoms with Gasteiger partial charge in [0.15, 0.2) is 0 Å². The Morgan fingerprint density at radius 1 is 1.25 bits per heavy atom. The summed E-state index contributed by atoms with van der Waals surface area (Å²) in [6, 6.07) is 10.3. The Balaban J connectivity index is 1.85. The lowest BCUT2D eigenvalue weighted by atomic mass is 9.76. The van der Waals surface area contributed by atoms with Crippen LogP contribution in [-0.2, 0) is 0 Å². The summed E-state index contributed by atoms with van der Waals surface area (Å²) < 4.78 is 1.99. The van der Waals surface area contributed by atoms with Gasteiger partial charge in [-0.1, -0.05) is 32.0 Å². The van der Waals surface area contributed by atoms with Crippen LogP contribution in [-0.4, -0.2) is 22.9 Å². The van der Waals surface area contributed by atoms with E-state index >= 15 is 0 Å². The maximum atomic E-state index is 4.55. The molecule has 3 nitrogen and oxygen atoms in total. The highest BCUT2D eigenvalue weighted by Gasteiger charge is 2.29. The number of nitrogens with zero attached hydrogens (tertiary/aromatic N) is 2. The molecule has 1 saturated heterocycles. The molecule has 0 aliphatic carbocycles. The highest BCUT2D eigenvalue weighted by Crippen LogP contribution is 2.34. The molecular weight excluding hydrogens is 246 g/mol. The zero-order valence-corrected chi connectivity index (χ0v) is 12.3. The van der Waals surface area contributed by atoms with E-state index in [0.29, 0.717) is 17.8 Å². The first-order valence-electron chi connectivity index (χ1n) is 7.56. The monoisotopic (exact) mass is 269 g/mol. The predicted molar refractivity (Wildman–Crippen MR) is 82.1 cm³/mol. The van der Waals surface area contributed by atoms with E-state index in [1.54, 1.807) is 0 Å². The molecule has 1 N–H and O–H groups in total. The predicted octanol–water partition coefficient (Wildman–Crippen LogP) is 3.22. The van der Waals surface area contributed by atoms with Crippen LogP contribution >= 0.6 is 0 Å². The summed E-state index contributed by atoms with van der Waals surface area (Å²) in [4.78, 5) is 0. The van der Waals surface area contributed by atoms with Gasteiger partial charge in [0.25, 0.3) is 0 Å². The fourth-order valence-electron chi connectivity index (χ4n) is 3.25. The molecule has 2 heterocycles. The summed E-state index contributed by atoms with van der Waals surface area (Å²) in [6.07, 6.45) is 5.47. The van der Waals surface area contributed by atoms with Gasteiger partial charge in [-0.25, -0.2) is 4.68 Å². The van der Waals surface area contributed by atoms with Crippen molar-refractivity contribution in [1.82, 2.24) is 15.1 Å². The Bertz CT molecular complexity index is 544. The average Bonchev–Trinajstić information content (AvgIpc) is 2.98. The van der Waals surface area contributed by atoms with Gasteiger partial charge in [0.1, 0.15) is 0 Å². The first-order chi connectivity index (χ1) is 9.75. The zero-order valence-electron chi connectivity index (χ0n) is 12.3. The first-order valence-corrected chi connectivity index (χ1v) is 7.56. The second-order valence-corrected chi connectivity index (χ2v) is 6.06. The molecule has 1 aliphatic heterocycles. The van der Waals surface area contributed by atoms with Crippen molar-refractivity contribution in [2.45, 2.75) is 26.2 Å². The molecule has 0 radical (unpaired) electrons. The highest BCUT2D eigenvalue weighted by molar-refractivity contribution is 5.31. The van der Waals surface area contributed by atoms with Crippen LogP contribution in [0.1, 0.15) is 31.7 Å². The van der Waals surface area contributed by atoms with Gasteiger partial charge in [0.05, 0.1) is 11.9 Å². The van der Waals surface area contributed by atoms with E-state index in [2.05, 4.69) is 60.9 Å². The normalized spacial score (nSPS) is 23.1. The van der Waals surface area contributed by atoms with Gasteiger partial charge in [-0.2, -0.15) is 5.10 Å². The molecule has 2 unspecified atom stereocenters. The summed E-state index contributed by atoms with van der Waals surface area (Å²) in [5.41, 5.74) is 2.52. The number of hydrogen-bond donors (Lipinski definition) is 1. The second kappa shape index (κ2) is 5.80. The fraction of sp³-hybridized carbons (Fsp3) is 0.471. The van der Waals surface area contributed by atoms with Gasteiger partial charge in [-0.05, 0) is 55.0 Å². The van der Waals surface area contributed by atoms with Gasteiger partial charge < -0.3 is 5.32 Å². The number of piperidine rings is 1. The van der Waals surface area contributed by atoms with E-state index in [4.69, 9.17) is 0 Å². The van der Waals surface area contributed by atoms with Crippen molar-refractivity contribution >= 4 is 0 Å². The van der Waals surface area contributed by atoms with E-state index in [0.717, 1.165) is 18.8 Å². The average molecular weight is 269 g/mol. The van der Waals surface area contributed by atoms with Crippen molar-refractivity contribution < 1.29 is 0 Å². The molecule has 0 bridgehead atoms. The Morgan fingerprint density at radius 2 is 2.05 bits per heavy atom. The Kier molecular flexibility index (Phi) is 3.88. The highest BCUT2D eigenvalue weighted by atomic mass is 15.3. The number of para-hydroxylation sites is 1. The lowest BCUT2D eigenvalue weighted by Gasteiger charge is -2.34. The standard InChI is InChI=1S/C17H23N3/c1-13(2)17-11-18-9-8-16(17)14-10-19-20(12-14)15-6-4-3-5-7-15/h3-7,10,12-13,16-18H,8-9,11H2,1-2H3. The van der Waals surface area contributed by atoms with E-state index in [1.807, 2.05) is 10.7 Å². The number of nitrogens with one attached hydrogen (secondary N) is 1. The van der Waals surface area contributed by atoms with Crippen molar-refractivity contribution in [3.63, 3.8) is 0 Å². The third kappa shape index (κ3) is 2.63. The lowest BCUT2D eigenvalue weighted by molar-refractivity contribution is 0.255. The van der Waals surface area contributed by atoms with Crippen molar-refractivity contribution in [3.8, 4) is 5.69 Å². The van der Waals surface area contributed by atoms with Crippen LogP contribution in [0.5, 0.6) is 0 Å². The van der Waals surface area contributed by atoms with Crippen LogP contribution in [0.3, 0.4) is 0 Å². The van der Waals surface area contributed by atoms with E-state index in [-0.39, 0.29) is 0 Å². The van der Waals surface area contributed by atoms with Crippen molar-refractivity contribution in [2.75, 3.05) is 13.1 Å². The van der Waals surface area contributed by atoms with Gasteiger partial charge in [-0.15, -0.1) is 0 Å². The van der Waals surface area contributed by atoms with Gasteiger partial charge >= 0.3 is 0 Å². The van der Waals surface area contributed by atoms with E-state index in [9.17, 15) is 0 Å². The lowest BCUT2D eigenvalue weighted by Crippen LogP contribution is -2.37. The maximum Gasteiger partial charge on any atom is 0.0645 e. The van der Waals surface area contributed by atoms with Crippen LogP contribution in [0.25, 0.3) is 5.69 Å². The molecule has 0 saturated carbocycles. The quantitative estimate of drug-likeness (QED) is 0.927. The SMILES string of the molecule is CC(C)C1CNCCC1c1cnn(-c2ccccc2)c1. The van der Waals surface area contributed by atoms with Gasteiger partial charge in [-0.3, -0.25) is 0 Å². The molecule has 1 aromatic heterocycles. The zero-order chi connectivity index (χ0) is 13.9. The van der Waals surface area contributed by atoms with Crippen LogP contribution in [0.15, 0.2) is 42.7 Å². The smallest absolute Gasteiger partial charge is 0.0645 e. The molecule has 2 aromatic rings. The summed E-state index contributed by atoms with van der Waals surface area (Å²) in [5, 5.41) is 8.08. The summed E-state index contributed by atoms with van der Waals surface area (Å²) in [5.74, 6) is 2.04. The maximum absolute atomic E-state index is 4.55. The molecule has 3 heteroatoms. The fourth-order valence-corrected chi connectivity index (χ4v) is 3.25. The Labute approximate surface area is 121 Å². The minimum Gasteiger partial charge on any atom is -0.316 e. The minimum absolute atomic E-state index is 0.633. The first kappa shape index (κ1) is 13.4. The van der Waals surface area contributed by atoms with Gasteiger partial charge in [0, 0.05) is 6.20 Å². The number of rotatable bonds is 3. The van der Waals surface area contributed by atoms with Crippen LogP contribution < -0.4 is 5.32 Å². The van der Waals surface area contributed by atoms with Crippen LogP contribution in [0.4, 0.5) is 0 Å². The molecule has 0 amide bonds. The molecule has 3 rings (SSSR count). The van der Waals surface area contributed by atoms with Crippen LogP contribution in [0, 0.1) is 11.8 Å². The molecule has 2 atom stereocenters. The second-order valence-electron chi connectivity index (χ2n) is 6.06. The van der Waals surface area contributed by atoms with Gasteiger partial charge in [0.2, 0.25) is 0 Å². The summed E-state index contributed by atoms with van der Waals surface area (Å²) >= 11 is 0. The number of benzene rings is 1. The topological polar surface area (TPSA) is 29.9 Å². The van der Waals surface area contributed by atoms with Crippen molar-refractivity contribution in [2.24, 2.45) is 11.8 Å². The minimum atomic E-state index is 0.633. The van der Waals surface area contributed by atoms with E-state index in [1.165, 1.54) is 12.0 Å². The molecular formula is C17H23N3. The Morgan fingerprint density at radius 3 is 2.80 bits per heavy atom. The van der Waals surface area contributed by atoms with E-state index < -0.39 is 0 Å². The molecule has 106 valence electrons. The summed E-state index contributed by atoms with van der Waals surface area (Å²) in [6.45, 7) is 6.89. The molecule has 1 aromatic carbocycles.